The average Bonchev–Trinajstić information content (AvgIpc) is 2.33. The van der Waals surface area contributed by atoms with Crippen LogP contribution in [0.5, 0.6) is 5.75 Å². The quantitative estimate of drug-likeness (QED) is 0.716. The smallest absolute Gasteiger partial charge is 0.118 e. The van der Waals surface area contributed by atoms with Gasteiger partial charge in [0.1, 0.15) is 5.75 Å². The first-order chi connectivity index (χ1) is 7.86. The van der Waals surface area contributed by atoms with E-state index in [1.165, 1.54) is 12.8 Å². The molecule has 0 aromatic heterocycles. The highest BCUT2D eigenvalue weighted by Crippen LogP contribution is 2.15. The van der Waals surface area contributed by atoms with E-state index < -0.39 is 0 Å². The minimum Gasteiger partial charge on any atom is -0.508 e. The summed E-state index contributed by atoms with van der Waals surface area (Å²) in [7, 11) is 0. The lowest BCUT2D eigenvalue weighted by Gasteiger charge is -2.23. The van der Waals surface area contributed by atoms with Crippen LogP contribution in [-0.4, -0.2) is 30.8 Å². The number of para-hydroxylation sites is 1. The third kappa shape index (κ3) is 3.22. The van der Waals surface area contributed by atoms with Gasteiger partial charge in [-0.15, -0.1) is 0 Å². The standard InChI is InChI=1S/C13H20N2O/c16-13-6-2-1-4-11(13)7-9-15-12-5-3-8-14-10-12/h1-2,4,6,12,14-16H,3,5,7-10H2. The van der Waals surface area contributed by atoms with Crippen LogP contribution in [0.1, 0.15) is 18.4 Å². The molecule has 3 heteroatoms. The monoisotopic (exact) mass is 220 g/mol. The van der Waals surface area contributed by atoms with Gasteiger partial charge in [0.2, 0.25) is 0 Å². The summed E-state index contributed by atoms with van der Waals surface area (Å²) in [6, 6.07) is 8.15. The molecule has 1 saturated heterocycles. The molecule has 0 spiro atoms. The van der Waals surface area contributed by atoms with E-state index in [0.717, 1.165) is 31.6 Å². The van der Waals surface area contributed by atoms with E-state index in [2.05, 4.69) is 10.6 Å². The van der Waals surface area contributed by atoms with Crippen LogP contribution in [0.25, 0.3) is 0 Å². The molecule has 1 aliphatic heterocycles. The molecular weight excluding hydrogens is 200 g/mol. The number of hydrogen-bond acceptors (Lipinski definition) is 3. The summed E-state index contributed by atoms with van der Waals surface area (Å²) in [5.74, 6) is 0.408. The summed E-state index contributed by atoms with van der Waals surface area (Å²) >= 11 is 0. The average molecular weight is 220 g/mol. The summed E-state index contributed by atoms with van der Waals surface area (Å²) in [4.78, 5) is 0. The molecule has 1 atom stereocenters. The van der Waals surface area contributed by atoms with Gasteiger partial charge in [0.25, 0.3) is 0 Å². The number of rotatable bonds is 4. The van der Waals surface area contributed by atoms with Crippen LogP contribution in [0.4, 0.5) is 0 Å². The van der Waals surface area contributed by atoms with Crippen LogP contribution in [0.2, 0.25) is 0 Å². The molecule has 1 fully saturated rings. The van der Waals surface area contributed by atoms with E-state index in [0.29, 0.717) is 11.8 Å². The number of benzene rings is 1. The second-order valence-electron chi connectivity index (χ2n) is 4.38. The Balaban J connectivity index is 1.73. The fourth-order valence-electron chi connectivity index (χ4n) is 2.16. The molecule has 0 bridgehead atoms. The Labute approximate surface area is 96.9 Å². The maximum absolute atomic E-state index is 9.61. The Bertz CT molecular complexity index is 321. The Morgan fingerprint density at radius 2 is 2.25 bits per heavy atom. The second kappa shape index (κ2) is 5.87. The van der Waals surface area contributed by atoms with E-state index >= 15 is 0 Å². The lowest BCUT2D eigenvalue weighted by molar-refractivity contribution is 0.390. The van der Waals surface area contributed by atoms with Gasteiger partial charge >= 0.3 is 0 Å². The summed E-state index contributed by atoms with van der Waals surface area (Å²) in [6.45, 7) is 3.16. The van der Waals surface area contributed by atoms with Gasteiger partial charge in [0.05, 0.1) is 0 Å². The molecule has 16 heavy (non-hydrogen) atoms. The van der Waals surface area contributed by atoms with Crippen molar-refractivity contribution < 1.29 is 5.11 Å². The summed E-state index contributed by atoms with van der Waals surface area (Å²) in [5.41, 5.74) is 1.03. The topological polar surface area (TPSA) is 44.3 Å². The summed E-state index contributed by atoms with van der Waals surface area (Å²) in [5, 5.41) is 16.5. The maximum Gasteiger partial charge on any atom is 0.118 e. The van der Waals surface area contributed by atoms with E-state index in [9.17, 15) is 5.11 Å². The van der Waals surface area contributed by atoms with E-state index in [1.54, 1.807) is 6.07 Å². The van der Waals surface area contributed by atoms with Crippen molar-refractivity contribution in [1.82, 2.24) is 10.6 Å². The fourth-order valence-corrected chi connectivity index (χ4v) is 2.16. The van der Waals surface area contributed by atoms with Gasteiger partial charge in [0, 0.05) is 12.6 Å². The van der Waals surface area contributed by atoms with Crippen molar-refractivity contribution in [3.05, 3.63) is 29.8 Å². The highest BCUT2D eigenvalue weighted by molar-refractivity contribution is 5.31. The zero-order valence-electron chi connectivity index (χ0n) is 9.58. The third-order valence-electron chi connectivity index (χ3n) is 3.12. The molecule has 0 saturated carbocycles. The number of phenols is 1. The summed E-state index contributed by atoms with van der Waals surface area (Å²) < 4.78 is 0. The Kier molecular flexibility index (Phi) is 4.19. The van der Waals surface area contributed by atoms with Crippen molar-refractivity contribution >= 4 is 0 Å². The van der Waals surface area contributed by atoms with E-state index in [-0.39, 0.29) is 0 Å². The van der Waals surface area contributed by atoms with Crippen molar-refractivity contribution in [2.24, 2.45) is 0 Å². The first kappa shape index (κ1) is 11.4. The van der Waals surface area contributed by atoms with E-state index in [1.807, 2.05) is 18.2 Å². The van der Waals surface area contributed by atoms with Crippen molar-refractivity contribution in [2.75, 3.05) is 19.6 Å². The van der Waals surface area contributed by atoms with Crippen LogP contribution < -0.4 is 10.6 Å². The maximum atomic E-state index is 9.61. The number of aromatic hydroxyl groups is 1. The first-order valence-electron chi connectivity index (χ1n) is 6.07. The molecule has 3 nitrogen and oxygen atoms in total. The van der Waals surface area contributed by atoms with Gasteiger partial charge in [-0.05, 0) is 44.0 Å². The normalized spacial score (nSPS) is 20.9. The molecular formula is C13H20N2O. The Morgan fingerprint density at radius 1 is 1.38 bits per heavy atom. The van der Waals surface area contributed by atoms with Gasteiger partial charge in [-0.3, -0.25) is 0 Å². The molecule has 1 aromatic carbocycles. The lowest BCUT2D eigenvalue weighted by atomic mass is 10.1. The molecule has 1 aliphatic rings. The highest BCUT2D eigenvalue weighted by atomic mass is 16.3. The van der Waals surface area contributed by atoms with E-state index in [4.69, 9.17) is 0 Å². The molecule has 0 amide bonds. The van der Waals surface area contributed by atoms with Gasteiger partial charge in [0.15, 0.2) is 0 Å². The molecule has 88 valence electrons. The van der Waals surface area contributed by atoms with Crippen molar-refractivity contribution in [3.63, 3.8) is 0 Å². The number of piperidine rings is 1. The van der Waals surface area contributed by atoms with Crippen LogP contribution in [0, 0.1) is 0 Å². The SMILES string of the molecule is Oc1ccccc1CCNC1CCCNC1. The zero-order valence-corrected chi connectivity index (χ0v) is 9.58. The van der Waals surface area contributed by atoms with Crippen molar-refractivity contribution in [2.45, 2.75) is 25.3 Å². The molecule has 0 aliphatic carbocycles. The van der Waals surface area contributed by atoms with Crippen molar-refractivity contribution in [1.29, 1.82) is 0 Å². The van der Waals surface area contributed by atoms with Crippen LogP contribution in [0.15, 0.2) is 24.3 Å². The highest BCUT2D eigenvalue weighted by Gasteiger charge is 2.11. The minimum atomic E-state index is 0.408. The van der Waals surface area contributed by atoms with Gasteiger partial charge in [-0.25, -0.2) is 0 Å². The molecule has 1 unspecified atom stereocenters. The lowest BCUT2D eigenvalue weighted by Crippen LogP contribution is -2.43. The predicted octanol–water partition coefficient (Wildman–Crippen LogP) is 1.28. The minimum absolute atomic E-state index is 0.408. The molecule has 2 rings (SSSR count). The zero-order chi connectivity index (χ0) is 11.2. The molecule has 1 aromatic rings. The molecule has 3 N–H and O–H groups in total. The van der Waals surface area contributed by atoms with Gasteiger partial charge in [-0.1, -0.05) is 18.2 Å². The van der Waals surface area contributed by atoms with Crippen LogP contribution in [0.3, 0.4) is 0 Å². The predicted molar refractivity (Wildman–Crippen MR) is 65.7 cm³/mol. The van der Waals surface area contributed by atoms with Gasteiger partial charge in [-0.2, -0.15) is 0 Å². The first-order valence-corrected chi connectivity index (χ1v) is 6.07. The Morgan fingerprint density at radius 3 is 3.00 bits per heavy atom. The summed E-state index contributed by atoms with van der Waals surface area (Å²) in [6.07, 6.45) is 3.41. The van der Waals surface area contributed by atoms with Crippen LogP contribution >= 0.6 is 0 Å². The van der Waals surface area contributed by atoms with Gasteiger partial charge < -0.3 is 15.7 Å². The van der Waals surface area contributed by atoms with Crippen LogP contribution in [-0.2, 0) is 6.42 Å². The number of phenolic OH excluding ortho intramolecular Hbond substituents is 1. The third-order valence-corrected chi connectivity index (χ3v) is 3.12. The second-order valence-corrected chi connectivity index (χ2v) is 4.38. The molecule has 1 heterocycles. The Hall–Kier alpha value is -1.06. The molecule has 0 radical (unpaired) electrons. The fraction of sp³-hybridized carbons (Fsp3) is 0.538. The number of hydrogen-bond donors (Lipinski definition) is 3. The number of nitrogens with one attached hydrogen (secondary N) is 2. The van der Waals surface area contributed by atoms with Crippen molar-refractivity contribution in [3.8, 4) is 5.75 Å². The largest absolute Gasteiger partial charge is 0.508 e.